The van der Waals surface area contributed by atoms with E-state index < -0.39 is 0 Å². The number of thiophene rings is 1. The lowest BCUT2D eigenvalue weighted by Crippen LogP contribution is -2.42. The van der Waals surface area contributed by atoms with Crippen LogP contribution in [0, 0.1) is 19.8 Å². The van der Waals surface area contributed by atoms with Crippen LogP contribution in [0.2, 0.25) is 0 Å². The van der Waals surface area contributed by atoms with Crippen molar-refractivity contribution in [3.8, 4) is 0 Å². The lowest BCUT2D eigenvalue weighted by atomic mass is 9.86. The third kappa shape index (κ3) is 4.97. The van der Waals surface area contributed by atoms with Crippen molar-refractivity contribution in [1.82, 2.24) is 9.80 Å². The standard InChI is InChI=1S/C28H34N2OS/c1-20(2)30(28(31)23-11-6-5-7-12-23)17-24-16-29(19-27-22(4)14-15-32-27)18-26(24)25-13-9-8-10-21(25)3/h5-15,20,24,26H,16-19H2,1-4H3/t24-,26+/m0/s1. The summed E-state index contributed by atoms with van der Waals surface area (Å²) in [5.41, 5.74) is 4.94. The number of amides is 1. The summed E-state index contributed by atoms with van der Waals surface area (Å²) in [4.78, 5) is 19.5. The van der Waals surface area contributed by atoms with Crippen LogP contribution in [0.5, 0.6) is 0 Å². The predicted octanol–water partition coefficient (Wildman–Crippen LogP) is 6.13. The Morgan fingerprint density at radius 1 is 1.00 bits per heavy atom. The van der Waals surface area contributed by atoms with Gasteiger partial charge < -0.3 is 4.90 Å². The molecular weight excluding hydrogens is 412 g/mol. The molecule has 2 aromatic carbocycles. The highest BCUT2D eigenvalue weighted by Crippen LogP contribution is 2.36. The summed E-state index contributed by atoms with van der Waals surface area (Å²) in [7, 11) is 0. The summed E-state index contributed by atoms with van der Waals surface area (Å²) in [6.07, 6.45) is 0. The molecule has 0 radical (unpaired) electrons. The highest BCUT2D eigenvalue weighted by atomic mass is 32.1. The van der Waals surface area contributed by atoms with Gasteiger partial charge in [0.2, 0.25) is 0 Å². The van der Waals surface area contributed by atoms with Crippen LogP contribution < -0.4 is 0 Å². The minimum absolute atomic E-state index is 0.136. The van der Waals surface area contributed by atoms with E-state index >= 15 is 0 Å². The van der Waals surface area contributed by atoms with Gasteiger partial charge in [0.25, 0.3) is 5.91 Å². The Hall–Kier alpha value is -2.43. The fraction of sp³-hybridized carbons (Fsp3) is 0.393. The van der Waals surface area contributed by atoms with Gasteiger partial charge in [-0.05, 0) is 73.9 Å². The van der Waals surface area contributed by atoms with E-state index in [9.17, 15) is 4.79 Å². The fourth-order valence-electron chi connectivity index (χ4n) is 4.93. The SMILES string of the molecule is Cc1ccccc1[C@@H]1CN(Cc2sccc2C)C[C@H]1CN(C(=O)c1ccccc1)C(C)C. The second-order valence-corrected chi connectivity index (χ2v) is 10.4. The van der Waals surface area contributed by atoms with Gasteiger partial charge in [-0.1, -0.05) is 42.5 Å². The van der Waals surface area contributed by atoms with Crippen LogP contribution in [0.4, 0.5) is 0 Å². The van der Waals surface area contributed by atoms with Crippen molar-refractivity contribution in [1.29, 1.82) is 0 Å². The van der Waals surface area contributed by atoms with Crippen molar-refractivity contribution < 1.29 is 4.79 Å². The van der Waals surface area contributed by atoms with Gasteiger partial charge in [-0.25, -0.2) is 0 Å². The molecule has 0 unspecified atom stereocenters. The molecule has 32 heavy (non-hydrogen) atoms. The average Bonchev–Trinajstić information content (AvgIpc) is 3.38. The molecule has 4 rings (SSSR count). The molecule has 1 amide bonds. The molecule has 0 N–H and O–H groups in total. The average molecular weight is 447 g/mol. The minimum Gasteiger partial charge on any atom is -0.336 e. The molecule has 1 aromatic heterocycles. The number of likely N-dealkylation sites (tertiary alicyclic amines) is 1. The first kappa shape index (κ1) is 22.8. The number of carbonyl (C=O) groups excluding carboxylic acids is 1. The largest absolute Gasteiger partial charge is 0.336 e. The number of hydrogen-bond donors (Lipinski definition) is 0. The fourth-order valence-corrected chi connectivity index (χ4v) is 5.87. The first-order valence-electron chi connectivity index (χ1n) is 11.6. The second kappa shape index (κ2) is 10.0. The van der Waals surface area contributed by atoms with E-state index in [0.717, 1.165) is 31.7 Å². The van der Waals surface area contributed by atoms with Crippen LogP contribution in [-0.2, 0) is 6.54 Å². The van der Waals surface area contributed by atoms with Gasteiger partial charge in [0.15, 0.2) is 0 Å². The molecule has 0 aliphatic carbocycles. The van der Waals surface area contributed by atoms with Gasteiger partial charge in [-0.3, -0.25) is 9.69 Å². The van der Waals surface area contributed by atoms with Crippen molar-refractivity contribution in [2.45, 2.75) is 46.2 Å². The molecule has 0 saturated carbocycles. The zero-order chi connectivity index (χ0) is 22.7. The molecule has 4 heteroatoms. The van der Waals surface area contributed by atoms with Gasteiger partial charge in [-0.2, -0.15) is 0 Å². The highest BCUT2D eigenvalue weighted by Gasteiger charge is 2.37. The number of benzene rings is 2. The Labute approximate surface area is 196 Å². The van der Waals surface area contributed by atoms with Crippen LogP contribution in [0.3, 0.4) is 0 Å². The molecule has 168 valence electrons. The van der Waals surface area contributed by atoms with Gasteiger partial charge in [0.05, 0.1) is 0 Å². The number of carbonyl (C=O) groups is 1. The summed E-state index contributed by atoms with van der Waals surface area (Å²) in [5.74, 6) is 0.976. The van der Waals surface area contributed by atoms with Crippen LogP contribution in [0.15, 0.2) is 66.0 Å². The smallest absolute Gasteiger partial charge is 0.254 e. The van der Waals surface area contributed by atoms with E-state index in [1.807, 2.05) is 41.7 Å². The molecule has 3 aromatic rings. The Morgan fingerprint density at radius 3 is 2.38 bits per heavy atom. The van der Waals surface area contributed by atoms with Crippen molar-refractivity contribution in [2.24, 2.45) is 5.92 Å². The van der Waals surface area contributed by atoms with E-state index in [0.29, 0.717) is 11.8 Å². The highest BCUT2D eigenvalue weighted by molar-refractivity contribution is 7.10. The Bertz CT molecular complexity index is 1040. The van der Waals surface area contributed by atoms with E-state index in [1.165, 1.54) is 21.6 Å². The third-order valence-corrected chi connectivity index (χ3v) is 7.78. The zero-order valence-electron chi connectivity index (χ0n) is 19.6. The molecule has 0 spiro atoms. The van der Waals surface area contributed by atoms with Crippen molar-refractivity contribution in [2.75, 3.05) is 19.6 Å². The maximum Gasteiger partial charge on any atom is 0.254 e. The summed E-state index contributed by atoms with van der Waals surface area (Å²) in [6.45, 7) is 12.5. The number of rotatable bonds is 7. The van der Waals surface area contributed by atoms with Gasteiger partial charge >= 0.3 is 0 Å². The summed E-state index contributed by atoms with van der Waals surface area (Å²) in [5, 5.41) is 2.19. The monoisotopic (exact) mass is 446 g/mol. The van der Waals surface area contributed by atoms with Gasteiger partial charge in [0, 0.05) is 48.6 Å². The number of nitrogens with zero attached hydrogens (tertiary/aromatic N) is 2. The van der Waals surface area contributed by atoms with Crippen molar-refractivity contribution in [3.63, 3.8) is 0 Å². The molecule has 0 bridgehead atoms. The van der Waals surface area contributed by atoms with Crippen LogP contribution in [-0.4, -0.2) is 41.4 Å². The minimum atomic E-state index is 0.136. The topological polar surface area (TPSA) is 23.6 Å². The summed E-state index contributed by atoms with van der Waals surface area (Å²) < 4.78 is 0. The lowest BCUT2D eigenvalue weighted by Gasteiger charge is -2.32. The normalized spacial score (nSPS) is 18.9. The van der Waals surface area contributed by atoms with Gasteiger partial charge in [-0.15, -0.1) is 11.3 Å². The third-order valence-electron chi connectivity index (χ3n) is 6.78. The van der Waals surface area contributed by atoms with E-state index in [4.69, 9.17) is 0 Å². The predicted molar refractivity (Wildman–Crippen MR) is 134 cm³/mol. The molecular formula is C28H34N2OS. The molecule has 1 saturated heterocycles. The maximum absolute atomic E-state index is 13.4. The number of aryl methyl sites for hydroxylation is 2. The zero-order valence-corrected chi connectivity index (χ0v) is 20.4. The second-order valence-electron chi connectivity index (χ2n) is 9.36. The molecule has 2 atom stereocenters. The molecule has 2 heterocycles. The first-order valence-corrected chi connectivity index (χ1v) is 12.5. The number of hydrogen-bond acceptors (Lipinski definition) is 3. The Balaban J connectivity index is 1.59. The quantitative estimate of drug-likeness (QED) is 0.436. The summed E-state index contributed by atoms with van der Waals surface area (Å²) in [6, 6.07) is 20.9. The maximum atomic E-state index is 13.4. The molecule has 1 aliphatic rings. The summed E-state index contributed by atoms with van der Waals surface area (Å²) >= 11 is 1.85. The molecule has 1 aliphatic heterocycles. The van der Waals surface area contributed by atoms with Crippen LogP contribution in [0.25, 0.3) is 0 Å². The van der Waals surface area contributed by atoms with E-state index in [-0.39, 0.29) is 11.9 Å². The Morgan fingerprint density at radius 2 is 1.72 bits per heavy atom. The van der Waals surface area contributed by atoms with Crippen LogP contribution in [0.1, 0.15) is 51.7 Å². The van der Waals surface area contributed by atoms with Crippen molar-refractivity contribution in [3.05, 3.63) is 93.2 Å². The molecule has 3 nitrogen and oxygen atoms in total. The Kier molecular flexibility index (Phi) is 7.12. The lowest BCUT2D eigenvalue weighted by molar-refractivity contribution is 0.0668. The van der Waals surface area contributed by atoms with E-state index in [2.05, 4.69) is 73.2 Å². The van der Waals surface area contributed by atoms with E-state index in [1.54, 1.807) is 0 Å². The van der Waals surface area contributed by atoms with Crippen molar-refractivity contribution >= 4 is 17.2 Å². The first-order chi connectivity index (χ1) is 15.4. The van der Waals surface area contributed by atoms with Crippen LogP contribution >= 0.6 is 11.3 Å². The van der Waals surface area contributed by atoms with Gasteiger partial charge in [0.1, 0.15) is 0 Å². The molecule has 1 fully saturated rings.